The van der Waals surface area contributed by atoms with Gasteiger partial charge in [-0.05, 0) is 42.5 Å². The summed E-state index contributed by atoms with van der Waals surface area (Å²) in [5.74, 6) is -0.589. The minimum atomic E-state index is -1.28. The van der Waals surface area contributed by atoms with Crippen LogP contribution in [-0.4, -0.2) is 35.9 Å². The molecule has 0 saturated carbocycles. The summed E-state index contributed by atoms with van der Waals surface area (Å²) in [6.07, 6.45) is 0. The fourth-order valence-electron chi connectivity index (χ4n) is 4.88. The number of rotatable bonds is 5. The van der Waals surface area contributed by atoms with Crippen LogP contribution in [0.1, 0.15) is 45.7 Å². The summed E-state index contributed by atoms with van der Waals surface area (Å²) in [5.41, 5.74) is 2.10. The zero-order chi connectivity index (χ0) is 27.4. The highest BCUT2D eigenvalue weighted by molar-refractivity contribution is 6.12. The van der Waals surface area contributed by atoms with Gasteiger partial charge in [0.15, 0.2) is 0 Å². The number of carbonyl (C=O) groups excluding carboxylic acids is 3. The quantitative estimate of drug-likeness (QED) is 0.334. The number of furan rings is 1. The monoisotopic (exact) mass is 513 g/mol. The van der Waals surface area contributed by atoms with E-state index >= 15 is 0 Å². The third kappa shape index (κ3) is 4.06. The van der Waals surface area contributed by atoms with Gasteiger partial charge in [-0.25, -0.2) is 9.69 Å². The van der Waals surface area contributed by atoms with E-state index in [2.05, 4.69) is 31.4 Å². The van der Waals surface area contributed by atoms with Gasteiger partial charge in [0.25, 0.3) is 5.91 Å². The summed E-state index contributed by atoms with van der Waals surface area (Å²) >= 11 is 0. The van der Waals surface area contributed by atoms with E-state index in [0.717, 1.165) is 26.8 Å². The Morgan fingerprint density at radius 3 is 2.37 bits per heavy atom. The second-order valence-corrected chi connectivity index (χ2v) is 10.9. The number of nitrogens with zero attached hydrogens (tertiary/aromatic N) is 1. The van der Waals surface area contributed by atoms with Gasteiger partial charge >= 0.3 is 6.03 Å². The number of nitrogens with one attached hydrogen (secondary N) is 2. The van der Waals surface area contributed by atoms with Crippen molar-refractivity contribution in [2.45, 2.75) is 51.6 Å². The number of hydrogen-bond donors (Lipinski definition) is 2. The predicted molar refractivity (Wildman–Crippen MR) is 146 cm³/mol. The molecule has 0 bridgehead atoms. The molecule has 4 aromatic rings. The van der Waals surface area contributed by atoms with Gasteiger partial charge in [-0.1, -0.05) is 63.2 Å². The van der Waals surface area contributed by atoms with Crippen LogP contribution in [0.2, 0.25) is 0 Å². The zero-order valence-electron chi connectivity index (χ0n) is 22.3. The van der Waals surface area contributed by atoms with E-state index < -0.39 is 29.4 Å². The molecule has 8 heteroatoms. The Kier molecular flexibility index (Phi) is 5.93. The number of methoxy groups -OCH3 is 1. The number of imide groups is 1. The van der Waals surface area contributed by atoms with E-state index in [4.69, 9.17) is 9.15 Å². The number of ether oxygens (including phenoxy) is 1. The molecule has 8 nitrogen and oxygen atoms in total. The molecule has 2 heterocycles. The lowest BCUT2D eigenvalue weighted by Gasteiger charge is -2.26. The molecule has 1 aliphatic rings. The van der Waals surface area contributed by atoms with Gasteiger partial charge in [-0.2, -0.15) is 0 Å². The number of anilines is 1. The molecule has 4 amide bonds. The summed E-state index contributed by atoms with van der Waals surface area (Å²) in [6.45, 7) is 9.50. The van der Waals surface area contributed by atoms with E-state index in [1.807, 2.05) is 48.5 Å². The third-order valence-corrected chi connectivity index (χ3v) is 7.27. The van der Waals surface area contributed by atoms with Crippen molar-refractivity contribution in [2.75, 3.05) is 12.4 Å². The topological polar surface area (TPSA) is 101 Å². The fourth-order valence-corrected chi connectivity index (χ4v) is 4.88. The number of benzene rings is 3. The summed E-state index contributed by atoms with van der Waals surface area (Å²) in [5, 5.41) is 7.38. The Morgan fingerprint density at radius 2 is 1.71 bits per heavy atom. The molecule has 0 radical (unpaired) electrons. The predicted octanol–water partition coefficient (Wildman–Crippen LogP) is 5.69. The van der Waals surface area contributed by atoms with Crippen LogP contribution in [0.15, 0.2) is 65.1 Å². The van der Waals surface area contributed by atoms with Gasteiger partial charge in [-0.15, -0.1) is 0 Å². The van der Waals surface area contributed by atoms with E-state index in [0.29, 0.717) is 22.6 Å². The first-order valence-corrected chi connectivity index (χ1v) is 12.5. The molecule has 1 aliphatic heterocycles. The summed E-state index contributed by atoms with van der Waals surface area (Å²) in [6, 6.07) is 17.0. The molecule has 1 saturated heterocycles. The van der Waals surface area contributed by atoms with Crippen LogP contribution in [0, 0.1) is 0 Å². The Morgan fingerprint density at radius 1 is 1.03 bits per heavy atom. The number of urea groups is 1. The van der Waals surface area contributed by atoms with Crippen molar-refractivity contribution in [3.8, 4) is 5.75 Å². The summed E-state index contributed by atoms with van der Waals surface area (Å²) < 4.78 is 11.5. The molecular formula is C30H31N3O5. The Bertz CT molecular complexity index is 1580. The maximum absolute atomic E-state index is 13.5. The van der Waals surface area contributed by atoms with Crippen molar-refractivity contribution < 1.29 is 23.5 Å². The van der Waals surface area contributed by atoms with Gasteiger partial charge < -0.3 is 19.8 Å². The molecule has 5 rings (SSSR count). The molecule has 0 unspecified atom stereocenters. The summed E-state index contributed by atoms with van der Waals surface area (Å²) in [7, 11) is 1.51. The van der Waals surface area contributed by atoms with Crippen molar-refractivity contribution in [1.29, 1.82) is 0 Å². The van der Waals surface area contributed by atoms with Crippen molar-refractivity contribution in [2.24, 2.45) is 0 Å². The molecule has 2 N–H and O–H groups in total. The van der Waals surface area contributed by atoms with Gasteiger partial charge in [0.05, 0.1) is 12.8 Å². The van der Waals surface area contributed by atoms with Crippen molar-refractivity contribution in [3.63, 3.8) is 0 Å². The average molecular weight is 514 g/mol. The second kappa shape index (κ2) is 8.90. The van der Waals surface area contributed by atoms with Crippen LogP contribution in [0.25, 0.3) is 21.9 Å². The highest BCUT2D eigenvalue weighted by Gasteiger charge is 2.51. The molecule has 3 aromatic carbocycles. The number of carbonyl (C=O) groups is 3. The molecule has 0 spiro atoms. The highest BCUT2D eigenvalue weighted by Crippen LogP contribution is 2.37. The van der Waals surface area contributed by atoms with Crippen molar-refractivity contribution >= 4 is 45.5 Å². The molecule has 1 aromatic heterocycles. The molecule has 38 heavy (non-hydrogen) atoms. The van der Waals surface area contributed by atoms with E-state index in [1.165, 1.54) is 14.0 Å². The number of amides is 4. The molecule has 0 aliphatic carbocycles. The maximum atomic E-state index is 13.5. The Labute approximate surface area is 220 Å². The lowest BCUT2D eigenvalue weighted by Crippen LogP contribution is -2.47. The number of para-hydroxylation sites is 1. The van der Waals surface area contributed by atoms with Gasteiger partial charge in [0.1, 0.15) is 28.5 Å². The van der Waals surface area contributed by atoms with Crippen LogP contribution in [0.4, 0.5) is 10.5 Å². The summed E-state index contributed by atoms with van der Waals surface area (Å²) in [4.78, 5) is 40.8. The van der Waals surface area contributed by atoms with Crippen LogP contribution in [0.5, 0.6) is 5.75 Å². The first-order valence-electron chi connectivity index (χ1n) is 12.5. The molecule has 1 fully saturated rings. The third-order valence-electron chi connectivity index (χ3n) is 7.27. The zero-order valence-corrected chi connectivity index (χ0v) is 22.3. The Hall–Kier alpha value is -4.33. The first-order chi connectivity index (χ1) is 17.9. The van der Waals surface area contributed by atoms with Gasteiger partial charge in [0, 0.05) is 16.8 Å². The number of fused-ring (bicyclic) bond motifs is 3. The number of hydrogen-bond acceptors (Lipinski definition) is 5. The van der Waals surface area contributed by atoms with E-state index in [9.17, 15) is 14.4 Å². The maximum Gasteiger partial charge on any atom is 0.326 e. The van der Waals surface area contributed by atoms with Crippen LogP contribution < -0.4 is 15.4 Å². The highest BCUT2D eigenvalue weighted by atomic mass is 16.5. The van der Waals surface area contributed by atoms with Crippen LogP contribution in [-0.2, 0) is 20.5 Å². The fraction of sp³-hybridized carbons (Fsp3) is 0.300. The molecule has 2 atom stereocenters. The molecular weight excluding hydrogens is 482 g/mol. The van der Waals surface area contributed by atoms with Crippen LogP contribution in [0.3, 0.4) is 0 Å². The standard InChI is InChI=1S/C30H31N3O5/c1-17(33-27(35)30(5,32-28(33)36)19-13-11-18(12-14-19)29(2,3)4)26(34)31-22-16-24-21(15-25(22)37-6)20-9-7-8-10-23(20)38-24/h7-17H,1-6H3,(H,31,34)(H,32,36)/t17-,30+/m0/s1. The second-order valence-electron chi connectivity index (χ2n) is 10.9. The lowest BCUT2D eigenvalue weighted by molar-refractivity contribution is -0.136. The SMILES string of the molecule is COc1cc2c(cc1NC(=O)[C@H](C)N1C(=O)N[C@](C)(c3ccc(C(C)(C)C)cc3)C1=O)oc1ccccc12. The van der Waals surface area contributed by atoms with Gasteiger partial charge in [-0.3, -0.25) is 9.59 Å². The van der Waals surface area contributed by atoms with Crippen LogP contribution >= 0.6 is 0 Å². The van der Waals surface area contributed by atoms with Crippen molar-refractivity contribution in [3.05, 3.63) is 71.8 Å². The Balaban J connectivity index is 1.40. The minimum absolute atomic E-state index is 0.0482. The van der Waals surface area contributed by atoms with E-state index in [1.54, 1.807) is 19.1 Å². The van der Waals surface area contributed by atoms with Crippen molar-refractivity contribution in [1.82, 2.24) is 10.2 Å². The average Bonchev–Trinajstić information content (AvgIpc) is 3.35. The van der Waals surface area contributed by atoms with E-state index in [-0.39, 0.29) is 5.41 Å². The first kappa shape index (κ1) is 25.3. The van der Waals surface area contributed by atoms with Gasteiger partial charge in [0.2, 0.25) is 5.91 Å². The lowest BCUT2D eigenvalue weighted by atomic mass is 9.84. The molecule has 196 valence electrons. The largest absolute Gasteiger partial charge is 0.495 e. The normalized spacial score (nSPS) is 18.6. The minimum Gasteiger partial charge on any atom is -0.495 e. The smallest absolute Gasteiger partial charge is 0.326 e.